The predicted molar refractivity (Wildman–Crippen MR) is 74.8 cm³/mol. The minimum absolute atomic E-state index is 0.142. The number of carbonyl (C=O) groups is 1. The fourth-order valence-corrected chi connectivity index (χ4v) is 2.44. The summed E-state index contributed by atoms with van der Waals surface area (Å²) in [7, 11) is 0. The molecular weight excluding hydrogens is 242 g/mol. The molecule has 1 heterocycles. The summed E-state index contributed by atoms with van der Waals surface area (Å²) in [6.07, 6.45) is 1.84. The van der Waals surface area contributed by atoms with Gasteiger partial charge in [-0.15, -0.1) is 0 Å². The minimum Gasteiger partial charge on any atom is -0.491 e. The molecule has 0 bridgehead atoms. The number of anilines is 1. The average Bonchev–Trinajstić information content (AvgIpc) is 2.38. The second kappa shape index (κ2) is 5.95. The Bertz CT molecular complexity index is 445. The standard InChI is InChI=1S/C15H21NO3/c1-11(2)19-14-7-3-6-13(9-14)16-8-4-5-12(10-16)15(17)18/h3,6-7,9,11-12H,4-5,8,10H2,1-2H3,(H,17,18). The number of hydrogen-bond acceptors (Lipinski definition) is 3. The highest BCUT2D eigenvalue weighted by Crippen LogP contribution is 2.26. The summed E-state index contributed by atoms with van der Waals surface area (Å²) in [4.78, 5) is 13.2. The molecule has 0 saturated carbocycles. The first-order valence-corrected chi connectivity index (χ1v) is 6.80. The molecule has 19 heavy (non-hydrogen) atoms. The third kappa shape index (κ3) is 3.63. The Morgan fingerprint density at radius 3 is 2.95 bits per heavy atom. The van der Waals surface area contributed by atoms with Crippen LogP contribution in [0.25, 0.3) is 0 Å². The lowest BCUT2D eigenvalue weighted by molar-refractivity contribution is -0.141. The number of carboxylic acid groups (broad SMARTS) is 1. The number of ether oxygens (including phenoxy) is 1. The molecule has 0 amide bonds. The molecule has 4 heteroatoms. The van der Waals surface area contributed by atoms with E-state index in [0.717, 1.165) is 30.8 Å². The lowest BCUT2D eigenvalue weighted by Crippen LogP contribution is -2.38. The first-order chi connectivity index (χ1) is 9.06. The van der Waals surface area contributed by atoms with Gasteiger partial charge in [0.1, 0.15) is 5.75 Å². The zero-order valence-electron chi connectivity index (χ0n) is 11.5. The lowest BCUT2D eigenvalue weighted by Gasteiger charge is -2.32. The van der Waals surface area contributed by atoms with E-state index in [4.69, 9.17) is 9.84 Å². The van der Waals surface area contributed by atoms with Crippen LogP contribution in [0, 0.1) is 5.92 Å². The molecule has 1 fully saturated rings. The van der Waals surface area contributed by atoms with Crippen molar-refractivity contribution in [3.8, 4) is 5.75 Å². The number of carboxylic acids is 1. The highest BCUT2D eigenvalue weighted by Gasteiger charge is 2.25. The molecule has 0 spiro atoms. The fraction of sp³-hybridized carbons (Fsp3) is 0.533. The summed E-state index contributed by atoms with van der Waals surface area (Å²) in [6.45, 7) is 5.48. The van der Waals surface area contributed by atoms with Gasteiger partial charge in [0.15, 0.2) is 0 Å². The summed E-state index contributed by atoms with van der Waals surface area (Å²) in [5.74, 6) is -0.118. The van der Waals surface area contributed by atoms with Gasteiger partial charge in [-0.05, 0) is 38.8 Å². The van der Waals surface area contributed by atoms with E-state index >= 15 is 0 Å². The lowest BCUT2D eigenvalue weighted by atomic mass is 9.98. The number of nitrogens with zero attached hydrogens (tertiary/aromatic N) is 1. The van der Waals surface area contributed by atoms with Gasteiger partial charge in [-0.2, -0.15) is 0 Å². The molecule has 104 valence electrons. The minimum atomic E-state index is -0.695. The van der Waals surface area contributed by atoms with Crippen LogP contribution in [0.1, 0.15) is 26.7 Å². The van der Waals surface area contributed by atoms with Crippen LogP contribution in [-0.2, 0) is 4.79 Å². The van der Waals surface area contributed by atoms with E-state index in [-0.39, 0.29) is 12.0 Å². The van der Waals surface area contributed by atoms with E-state index in [1.165, 1.54) is 0 Å². The zero-order chi connectivity index (χ0) is 13.8. The van der Waals surface area contributed by atoms with Crippen LogP contribution in [0.3, 0.4) is 0 Å². The van der Waals surface area contributed by atoms with Crippen LogP contribution in [0.2, 0.25) is 0 Å². The normalized spacial score (nSPS) is 19.5. The number of piperidine rings is 1. The average molecular weight is 263 g/mol. The Labute approximate surface area is 114 Å². The summed E-state index contributed by atoms with van der Waals surface area (Å²) in [5, 5.41) is 9.13. The highest BCUT2D eigenvalue weighted by molar-refractivity contribution is 5.71. The molecule has 1 unspecified atom stereocenters. The molecule has 1 aromatic rings. The van der Waals surface area contributed by atoms with Gasteiger partial charge in [-0.3, -0.25) is 4.79 Å². The van der Waals surface area contributed by atoms with Crippen LogP contribution in [0.4, 0.5) is 5.69 Å². The molecule has 1 aromatic carbocycles. The second-order valence-electron chi connectivity index (χ2n) is 5.29. The Balaban J connectivity index is 2.10. The van der Waals surface area contributed by atoms with Crippen molar-refractivity contribution in [2.24, 2.45) is 5.92 Å². The summed E-state index contributed by atoms with van der Waals surface area (Å²) < 4.78 is 5.68. The van der Waals surface area contributed by atoms with Crippen molar-refractivity contribution < 1.29 is 14.6 Å². The highest BCUT2D eigenvalue weighted by atomic mass is 16.5. The van der Waals surface area contributed by atoms with E-state index in [1.54, 1.807) is 0 Å². The summed E-state index contributed by atoms with van der Waals surface area (Å²) in [5.41, 5.74) is 1.05. The van der Waals surface area contributed by atoms with Crippen molar-refractivity contribution in [1.82, 2.24) is 0 Å². The molecular formula is C15H21NO3. The van der Waals surface area contributed by atoms with Crippen molar-refractivity contribution in [3.63, 3.8) is 0 Å². The predicted octanol–water partition coefficient (Wildman–Crippen LogP) is 2.77. The number of benzene rings is 1. The molecule has 2 rings (SSSR count). The van der Waals surface area contributed by atoms with Gasteiger partial charge in [0.2, 0.25) is 0 Å². The van der Waals surface area contributed by atoms with Crippen molar-refractivity contribution in [1.29, 1.82) is 0 Å². The van der Waals surface area contributed by atoms with E-state index in [2.05, 4.69) is 4.90 Å². The molecule has 0 radical (unpaired) electrons. The first kappa shape index (κ1) is 13.7. The van der Waals surface area contributed by atoms with Gasteiger partial charge < -0.3 is 14.7 Å². The molecule has 1 saturated heterocycles. The monoisotopic (exact) mass is 263 g/mol. The quantitative estimate of drug-likeness (QED) is 0.907. The van der Waals surface area contributed by atoms with Gasteiger partial charge in [0.25, 0.3) is 0 Å². The molecule has 1 aliphatic heterocycles. The first-order valence-electron chi connectivity index (χ1n) is 6.80. The third-order valence-corrected chi connectivity index (χ3v) is 3.33. The third-order valence-electron chi connectivity index (χ3n) is 3.33. The topological polar surface area (TPSA) is 49.8 Å². The Morgan fingerprint density at radius 1 is 1.47 bits per heavy atom. The van der Waals surface area contributed by atoms with Gasteiger partial charge in [-0.1, -0.05) is 6.07 Å². The fourth-order valence-electron chi connectivity index (χ4n) is 2.44. The molecule has 1 N–H and O–H groups in total. The summed E-state index contributed by atoms with van der Waals surface area (Å²) >= 11 is 0. The van der Waals surface area contributed by atoms with Crippen LogP contribution in [-0.4, -0.2) is 30.3 Å². The van der Waals surface area contributed by atoms with Crippen LogP contribution in [0.15, 0.2) is 24.3 Å². The van der Waals surface area contributed by atoms with Crippen molar-refractivity contribution in [2.75, 3.05) is 18.0 Å². The largest absolute Gasteiger partial charge is 0.491 e. The maximum Gasteiger partial charge on any atom is 0.308 e. The summed E-state index contributed by atoms with van der Waals surface area (Å²) in [6, 6.07) is 7.89. The second-order valence-corrected chi connectivity index (χ2v) is 5.29. The van der Waals surface area contributed by atoms with Crippen LogP contribution in [0.5, 0.6) is 5.75 Å². The zero-order valence-corrected chi connectivity index (χ0v) is 11.5. The van der Waals surface area contributed by atoms with Crippen LogP contribution >= 0.6 is 0 Å². The van der Waals surface area contributed by atoms with Gasteiger partial charge in [0, 0.05) is 24.8 Å². The van der Waals surface area contributed by atoms with E-state index in [0.29, 0.717) is 6.54 Å². The smallest absolute Gasteiger partial charge is 0.308 e. The van der Waals surface area contributed by atoms with E-state index in [9.17, 15) is 4.79 Å². The van der Waals surface area contributed by atoms with Crippen molar-refractivity contribution >= 4 is 11.7 Å². The van der Waals surface area contributed by atoms with Crippen molar-refractivity contribution in [3.05, 3.63) is 24.3 Å². The van der Waals surface area contributed by atoms with Crippen LogP contribution < -0.4 is 9.64 Å². The molecule has 4 nitrogen and oxygen atoms in total. The van der Waals surface area contributed by atoms with E-state index < -0.39 is 5.97 Å². The van der Waals surface area contributed by atoms with Crippen molar-refractivity contribution in [2.45, 2.75) is 32.8 Å². The number of aliphatic carboxylic acids is 1. The number of hydrogen-bond donors (Lipinski definition) is 1. The maximum absolute atomic E-state index is 11.1. The SMILES string of the molecule is CC(C)Oc1cccc(N2CCCC(C(=O)O)C2)c1. The molecule has 0 aromatic heterocycles. The molecule has 1 atom stereocenters. The van der Waals surface area contributed by atoms with Gasteiger partial charge >= 0.3 is 5.97 Å². The Kier molecular flexibility index (Phi) is 4.30. The maximum atomic E-state index is 11.1. The molecule has 0 aliphatic carbocycles. The van der Waals surface area contributed by atoms with Gasteiger partial charge in [-0.25, -0.2) is 0 Å². The molecule has 1 aliphatic rings. The Morgan fingerprint density at radius 2 is 2.26 bits per heavy atom. The van der Waals surface area contributed by atoms with E-state index in [1.807, 2.05) is 38.1 Å². The Hall–Kier alpha value is -1.71. The number of rotatable bonds is 4. The van der Waals surface area contributed by atoms with Gasteiger partial charge in [0.05, 0.1) is 12.0 Å².